The van der Waals surface area contributed by atoms with Crippen molar-refractivity contribution in [3.05, 3.63) is 10.4 Å². The molecule has 0 radical (unpaired) electrons. The van der Waals surface area contributed by atoms with Crippen LogP contribution in [0.2, 0.25) is 0 Å². The van der Waals surface area contributed by atoms with E-state index >= 15 is 0 Å². The Morgan fingerprint density at radius 2 is 2.06 bits per heavy atom. The van der Waals surface area contributed by atoms with E-state index in [2.05, 4.69) is 10.0 Å². The molecule has 0 aromatic heterocycles. The van der Waals surface area contributed by atoms with E-state index in [0.717, 1.165) is 0 Å². The molecule has 8 nitrogen and oxygen atoms in total. The van der Waals surface area contributed by atoms with Crippen molar-refractivity contribution in [2.24, 2.45) is 5.11 Å². The van der Waals surface area contributed by atoms with E-state index < -0.39 is 31.2 Å². The van der Waals surface area contributed by atoms with E-state index in [9.17, 15) is 10.2 Å². The van der Waals surface area contributed by atoms with Crippen molar-refractivity contribution < 1.29 is 24.8 Å². The zero-order valence-corrected chi connectivity index (χ0v) is 9.22. The fourth-order valence-corrected chi connectivity index (χ4v) is 0.991. The number of nitrogens with zero attached hydrogens (tertiary/aromatic N) is 3. The molecule has 0 heterocycles. The van der Waals surface area contributed by atoms with E-state index in [0.29, 0.717) is 0 Å². The smallest absolute Gasteiger partial charge is 0.183 e. The van der Waals surface area contributed by atoms with Crippen LogP contribution in [0.25, 0.3) is 10.4 Å². The Bertz CT molecular complexity index is 232. The third kappa shape index (κ3) is 5.26. The highest BCUT2D eigenvalue weighted by Crippen LogP contribution is 2.08. The molecule has 0 amide bonds. The standard InChI is InChI=1S/C8H17N3O5/c1-5(13)7(4-12)16-8(15-2)6(14)3-10-11-9/h5-8,12-14H,3-4H2,1-2H3/t5-,6-,7?,8?/m0/s1. The van der Waals surface area contributed by atoms with Gasteiger partial charge in [-0.3, -0.25) is 0 Å². The van der Waals surface area contributed by atoms with Crippen LogP contribution in [0.3, 0.4) is 0 Å². The van der Waals surface area contributed by atoms with Gasteiger partial charge < -0.3 is 24.8 Å². The van der Waals surface area contributed by atoms with Crippen LogP contribution in [0.4, 0.5) is 0 Å². The largest absolute Gasteiger partial charge is 0.394 e. The summed E-state index contributed by atoms with van der Waals surface area (Å²) < 4.78 is 9.93. The van der Waals surface area contributed by atoms with Gasteiger partial charge in [0.05, 0.1) is 19.3 Å². The second kappa shape index (κ2) is 8.28. The van der Waals surface area contributed by atoms with Gasteiger partial charge in [-0.05, 0) is 12.5 Å². The third-order valence-corrected chi connectivity index (χ3v) is 1.91. The first-order chi connectivity index (χ1) is 7.56. The summed E-state index contributed by atoms with van der Waals surface area (Å²) in [5.41, 5.74) is 8.07. The molecule has 0 aromatic carbocycles. The molecule has 0 bridgehead atoms. The lowest BCUT2D eigenvalue weighted by Crippen LogP contribution is -2.41. The summed E-state index contributed by atoms with van der Waals surface area (Å²) >= 11 is 0. The van der Waals surface area contributed by atoms with Crippen molar-refractivity contribution >= 4 is 0 Å². The van der Waals surface area contributed by atoms with Crippen molar-refractivity contribution in [1.29, 1.82) is 0 Å². The number of aliphatic hydroxyl groups is 3. The Balaban J connectivity index is 4.30. The van der Waals surface area contributed by atoms with Crippen molar-refractivity contribution in [3.63, 3.8) is 0 Å². The Labute approximate surface area is 93.0 Å². The second-order valence-electron chi connectivity index (χ2n) is 3.18. The summed E-state index contributed by atoms with van der Waals surface area (Å²) in [6.07, 6.45) is -4.01. The second-order valence-corrected chi connectivity index (χ2v) is 3.18. The first-order valence-corrected chi connectivity index (χ1v) is 4.72. The van der Waals surface area contributed by atoms with Crippen LogP contribution >= 0.6 is 0 Å². The number of hydrogen-bond donors (Lipinski definition) is 3. The highest BCUT2D eigenvalue weighted by molar-refractivity contribution is 4.69. The van der Waals surface area contributed by atoms with Gasteiger partial charge in [0, 0.05) is 12.0 Å². The van der Waals surface area contributed by atoms with Crippen LogP contribution < -0.4 is 0 Å². The summed E-state index contributed by atoms with van der Waals surface area (Å²) in [5.74, 6) is 0. The van der Waals surface area contributed by atoms with Gasteiger partial charge in [-0.15, -0.1) is 0 Å². The minimum absolute atomic E-state index is 0.215. The summed E-state index contributed by atoms with van der Waals surface area (Å²) in [6.45, 7) is 0.812. The van der Waals surface area contributed by atoms with Crippen molar-refractivity contribution in [2.45, 2.75) is 31.5 Å². The monoisotopic (exact) mass is 235 g/mol. The average molecular weight is 235 g/mol. The van der Waals surface area contributed by atoms with Gasteiger partial charge in [0.2, 0.25) is 0 Å². The Morgan fingerprint density at radius 1 is 1.44 bits per heavy atom. The van der Waals surface area contributed by atoms with Gasteiger partial charge in [-0.1, -0.05) is 5.11 Å². The maximum Gasteiger partial charge on any atom is 0.183 e. The number of ether oxygens (including phenoxy) is 2. The normalized spacial score (nSPS) is 18.3. The number of methoxy groups -OCH3 is 1. The van der Waals surface area contributed by atoms with Crippen LogP contribution in [0, 0.1) is 0 Å². The van der Waals surface area contributed by atoms with Gasteiger partial charge in [-0.25, -0.2) is 0 Å². The first-order valence-electron chi connectivity index (χ1n) is 4.72. The molecule has 0 aromatic rings. The average Bonchev–Trinajstić information content (AvgIpc) is 2.27. The van der Waals surface area contributed by atoms with Crippen LogP contribution in [-0.4, -0.2) is 60.2 Å². The minimum Gasteiger partial charge on any atom is -0.394 e. The molecule has 0 aliphatic carbocycles. The van der Waals surface area contributed by atoms with Crippen LogP contribution in [0.5, 0.6) is 0 Å². The number of hydrogen-bond acceptors (Lipinski definition) is 6. The molecule has 0 fully saturated rings. The van der Waals surface area contributed by atoms with Crippen LogP contribution in [-0.2, 0) is 9.47 Å². The van der Waals surface area contributed by atoms with E-state index in [-0.39, 0.29) is 6.54 Å². The lowest BCUT2D eigenvalue weighted by atomic mass is 10.2. The van der Waals surface area contributed by atoms with Crippen molar-refractivity contribution in [2.75, 3.05) is 20.3 Å². The summed E-state index contributed by atoms with van der Waals surface area (Å²) in [5, 5.41) is 30.8. The van der Waals surface area contributed by atoms with E-state index in [1.165, 1.54) is 14.0 Å². The fraction of sp³-hybridized carbons (Fsp3) is 1.00. The molecule has 0 spiro atoms. The van der Waals surface area contributed by atoms with E-state index in [4.69, 9.17) is 20.1 Å². The Morgan fingerprint density at radius 3 is 2.44 bits per heavy atom. The summed E-state index contributed by atoms with van der Waals surface area (Å²) in [7, 11) is 1.29. The molecule has 0 saturated heterocycles. The molecule has 0 aliphatic rings. The van der Waals surface area contributed by atoms with Gasteiger partial charge in [0.25, 0.3) is 0 Å². The van der Waals surface area contributed by atoms with Gasteiger partial charge >= 0.3 is 0 Å². The molecule has 0 saturated carbocycles. The molecule has 3 N–H and O–H groups in total. The quantitative estimate of drug-likeness (QED) is 0.224. The fourth-order valence-electron chi connectivity index (χ4n) is 0.991. The lowest BCUT2D eigenvalue weighted by Gasteiger charge is -2.26. The molecular formula is C8H17N3O5. The van der Waals surface area contributed by atoms with Crippen molar-refractivity contribution in [3.8, 4) is 0 Å². The van der Waals surface area contributed by atoms with Gasteiger partial charge in [0.15, 0.2) is 6.29 Å². The molecular weight excluding hydrogens is 218 g/mol. The number of rotatable bonds is 8. The Hall–Kier alpha value is -0.890. The summed E-state index contributed by atoms with van der Waals surface area (Å²) in [6, 6.07) is 0. The van der Waals surface area contributed by atoms with E-state index in [1.54, 1.807) is 0 Å². The molecule has 8 heteroatoms. The molecule has 0 aliphatic heterocycles. The lowest BCUT2D eigenvalue weighted by molar-refractivity contribution is -0.222. The molecule has 94 valence electrons. The van der Waals surface area contributed by atoms with E-state index in [1.807, 2.05) is 0 Å². The van der Waals surface area contributed by atoms with Crippen LogP contribution in [0.1, 0.15) is 6.92 Å². The Kier molecular flexibility index (Phi) is 7.82. The van der Waals surface area contributed by atoms with Gasteiger partial charge in [-0.2, -0.15) is 0 Å². The predicted molar refractivity (Wildman–Crippen MR) is 54.5 cm³/mol. The molecule has 16 heavy (non-hydrogen) atoms. The SMILES string of the molecule is COC(OC(CO)[C@H](C)O)[C@@H](O)CN=[N+]=[N-]. The molecule has 0 rings (SSSR count). The maximum absolute atomic E-state index is 9.49. The third-order valence-electron chi connectivity index (χ3n) is 1.91. The van der Waals surface area contributed by atoms with Crippen LogP contribution in [0.15, 0.2) is 5.11 Å². The molecule has 4 atom stereocenters. The first kappa shape index (κ1) is 15.1. The zero-order chi connectivity index (χ0) is 12.6. The minimum atomic E-state index is -1.16. The topological polar surface area (TPSA) is 128 Å². The van der Waals surface area contributed by atoms with Gasteiger partial charge in [0.1, 0.15) is 12.2 Å². The van der Waals surface area contributed by atoms with Crippen molar-refractivity contribution in [1.82, 2.24) is 0 Å². The number of aliphatic hydroxyl groups excluding tert-OH is 3. The maximum atomic E-state index is 9.49. The summed E-state index contributed by atoms with van der Waals surface area (Å²) in [4.78, 5) is 2.48. The zero-order valence-electron chi connectivity index (χ0n) is 9.22. The highest BCUT2D eigenvalue weighted by Gasteiger charge is 2.25. The highest BCUT2D eigenvalue weighted by atomic mass is 16.7. The molecule has 2 unspecified atom stereocenters. The predicted octanol–water partition coefficient (Wildman–Crippen LogP) is -0.612. The number of azide groups is 1.